The van der Waals surface area contributed by atoms with Gasteiger partial charge < -0.3 is 10.4 Å². The van der Waals surface area contributed by atoms with Crippen molar-refractivity contribution in [1.29, 1.82) is 0 Å². The quantitative estimate of drug-likeness (QED) is 0.320. The molecule has 1 aromatic heterocycles. The van der Waals surface area contributed by atoms with Crippen LogP contribution in [0.5, 0.6) is 5.75 Å². The van der Waals surface area contributed by atoms with Crippen LogP contribution in [0.4, 0.5) is 5.69 Å². The highest BCUT2D eigenvalue weighted by Gasteiger charge is 2.16. The Morgan fingerprint density at radius 3 is 2.58 bits per heavy atom. The van der Waals surface area contributed by atoms with Crippen LogP contribution in [0, 0.1) is 0 Å². The fourth-order valence-electron chi connectivity index (χ4n) is 3.07. The summed E-state index contributed by atoms with van der Waals surface area (Å²) in [5.74, 6) is -0.776. The molecule has 0 aliphatic rings. The molecule has 0 fully saturated rings. The minimum absolute atomic E-state index is 0.0466. The van der Waals surface area contributed by atoms with E-state index in [1.54, 1.807) is 43.3 Å². The van der Waals surface area contributed by atoms with Crippen molar-refractivity contribution in [2.24, 2.45) is 12.1 Å². The van der Waals surface area contributed by atoms with E-state index in [0.717, 1.165) is 11.1 Å². The number of phenols is 1. The van der Waals surface area contributed by atoms with Gasteiger partial charge in [-0.2, -0.15) is 10.2 Å². The first kappa shape index (κ1) is 21.7. The Morgan fingerprint density at radius 2 is 1.87 bits per heavy atom. The zero-order chi connectivity index (χ0) is 22.5. The molecule has 31 heavy (non-hydrogen) atoms. The van der Waals surface area contributed by atoms with Crippen molar-refractivity contribution in [1.82, 2.24) is 15.2 Å². The molecule has 0 saturated carbocycles. The fourth-order valence-corrected chi connectivity index (χ4v) is 3.07. The lowest BCUT2D eigenvalue weighted by Crippen LogP contribution is -2.27. The van der Waals surface area contributed by atoms with Crippen molar-refractivity contribution in [3.05, 3.63) is 64.1 Å². The third kappa shape index (κ3) is 4.77. The molecule has 0 aliphatic carbocycles. The molecule has 0 unspecified atom stereocenters. The number of phenolic OH excluding ortho intramolecular Hbond substituents is 1. The molecule has 0 bridgehead atoms. The molecule has 3 aromatic rings. The van der Waals surface area contributed by atoms with Crippen molar-refractivity contribution in [2.45, 2.75) is 26.7 Å². The summed E-state index contributed by atoms with van der Waals surface area (Å²) in [6, 6.07) is 11.3. The van der Waals surface area contributed by atoms with Crippen molar-refractivity contribution >= 4 is 34.0 Å². The average Bonchev–Trinajstić information content (AvgIpc) is 2.75. The zero-order valence-electron chi connectivity index (χ0n) is 17.5. The Morgan fingerprint density at radius 1 is 1.16 bits per heavy atom. The van der Waals surface area contributed by atoms with Gasteiger partial charge in [0.1, 0.15) is 5.75 Å². The third-order valence-electron chi connectivity index (χ3n) is 4.64. The molecule has 0 atom stereocenters. The van der Waals surface area contributed by atoms with E-state index >= 15 is 0 Å². The summed E-state index contributed by atoms with van der Waals surface area (Å²) in [5.41, 5.74) is 3.36. The van der Waals surface area contributed by atoms with Gasteiger partial charge in [0.05, 0.1) is 11.1 Å². The number of carbonyl (C=O) groups is 2. The van der Waals surface area contributed by atoms with Gasteiger partial charge in [-0.15, -0.1) is 0 Å². The van der Waals surface area contributed by atoms with Crippen LogP contribution >= 0.6 is 0 Å². The second-order valence-electron chi connectivity index (χ2n) is 6.99. The number of benzene rings is 2. The molecule has 160 valence electrons. The maximum Gasteiger partial charge on any atom is 0.292 e. The number of fused-ring (bicyclic) bond motifs is 1. The third-order valence-corrected chi connectivity index (χ3v) is 4.64. The molecule has 0 radical (unpaired) electrons. The Hall–Kier alpha value is -4.01. The number of nitrogens with one attached hydrogen (secondary N) is 2. The molecule has 0 aliphatic heterocycles. The highest BCUT2D eigenvalue weighted by molar-refractivity contribution is 6.07. The number of aromatic hydroxyl groups is 1. The van der Waals surface area contributed by atoms with Gasteiger partial charge in [-0.25, -0.2) is 10.1 Å². The van der Waals surface area contributed by atoms with Crippen molar-refractivity contribution < 1.29 is 14.7 Å². The molecular weight excluding hydrogens is 398 g/mol. The molecule has 3 rings (SSSR count). The summed E-state index contributed by atoms with van der Waals surface area (Å²) >= 11 is 0. The minimum atomic E-state index is -0.599. The van der Waals surface area contributed by atoms with Crippen LogP contribution in [-0.4, -0.2) is 32.4 Å². The molecule has 1 heterocycles. The van der Waals surface area contributed by atoms with Crippen LogP contribution in [0.3, 0.4) is 0 Å². The normalized spacial score (nSPS) is 11.4. The maximum absolute atomic E-state index is 12.7. The van der Waals surface area contributed by atoms with Gasteiger partial charge >= 0.3 is 0 Å². The summed E-state index contributed by atoms with van der Waals surface area (Å²) in [7, 11) is 1.47. The van der Waals surface area contributed by atoms with E-state index in [1.807, 2.05) is 6.92 Å². The number of aromatic nitrogens is 2. The Balaban J connectivity index is 1.87. The van der Waals surface area contributed by atoms with Crippen molar-refractivity contribution in [3.8, 4) is 5.75 Å². The van der Waals surface area contributed by atoms with Crippen molar-refractivity contribution in [3.63, 3.8) is 0 Å². The van der Waals surface area contributed by atoms with Crippen LogP contribution in [0.1, 0.15) is 42.7 Å². The predicted octanol–water partition coefficient (Wildman–Crippen LogP) is 2.53. The van der Waals surface area contributed by atoms with E-state index in [9.17, 15) is 19.5 Å². The molecule has 2 amide bonds. The number of nitrogens with zero attached hydrogens (tertiary/aromatic N) is 3. The number of aryl methyl sites for hydroxylation is 1. The largest absolute Gasteiger partial charge is 0.507 e. The van der Waals surface area contributed by atoms with Crippen LogP contribution in [0.25, 0.3) is 10.8 Å². The van der Waals surface area contributed by atoms with E-state index in [-0.39, 0.29) is 22.9 Å². The first-order valence-corrected chi connectivity index (χ1v) is 9.75. The van der Waals surface area contributed by atoms with Gasteiger partial charge in [-0.1, -0.05) is 25.1 Å². The highest BCUT2D eigenvalue weighted by atomic mass is 16.3. The summed E-state index contributed by atoms with van der Waals surface area (Å²) in [6.45, 7) is 3.52. The van der Waals surface area contributed by atoms with Gasteiger partial charge in [-0.3, -0.25) is 14.4 Å². The molecular formula is C22H23N5O4. The van der Waals surface area contributed by atoms with Crippen LogP contribution in [0.15, 0.2) is 52.4 Å². The second-order valence-corrected chi connectivity index (χ2v) is 6.99. The molecule has 9 nitrogen and oxygen atoms in total. The van der Waals surface area contributed by atoms with E-state index in [4.69, 9.17) is 0 Å². The standard InChI is InChI=1S/C22H23N5O4/c1-4-7-19(29)23-14-10-11-18(28)17(12-14)13(2)24-25-21(30)20-15-8-5-6-9-16(15)22(31)27(3)26-20/h5-6,8-12,28H,4,7H2,1-3H3,(H,23,29)(H,25,30)/b24-13+. The SMILES string of the molecule is CCCC(=O)Nc1ccc(O)c(/C(C)=N/NC(=O)c2nn(C)c(=O)c3ccccc23)c1. The smallest absolute Gasteiger partial charge is 0.292 e. The van der Waals surface area contributed by atoms with E-state index in [1.165, 1.54) is 13.1 Å². The predicted molar refractivity (Wildman–Crippen MR) is 118 cm³/mol. The number of amides is 2. The summed E-state index contributed by atoms with van der Waals surface area (Å²) in [6.07, 6.45) is 1.11. The molecule has 0 saturated heterocycles. The van der Waals surface area contributed by atoms with E-state index in [2.05, 4.69) is 20.9 Å². The summed E-state index contributed by atoms with van der Waals surface area (Å²) in [4.78, 5) is 36.8. The first-order chi connectivity index (χ1) is 14.8. The van der Waals surface area contributed by atoms with Crippen molar-refractivity contribution in [2.75, 3.05) is 5.32 Å². The lowest BCUT2D eigenvalue weighted by atomic mass is 10.1. The summed E-state index contributed by atoms with van der Waals surface area (Å²) < 4.78 is 1.10. The monoisotopic (exact) mass is 421 g/mol. The molecule has 0 spiro atoms. The topological polar surface area (TPSA) is 126 Å². The highest BCUT2D eigenvalue weighted by Crippen LogP contribution is 2.22. The van der Waals surface area contributed by atoms with Gasteiger partial charge in [0.15, 0.2) is 5.69 Å². The van der Waals surface area contributed by atoms with Gasteiger partial charge in [0.2, 0.25) is 5.91 Å². The minimum Gasteiger partial charge on any atom is -0.507 e. The lowest BCUT2D eigenvalue weighted by Gasteiger charge is -2.10. The van der Waals surface area contributed by atoms with E-state index in [0.29, 0.717) is 34.2 Å². The number of rotatable bonds is 6. The van der Waals surface area contributed by atoms with Gasteiger partial charge in [-0.05, 0) is 37.6 Å². The van der Waals surface area contributed by atoms with Crippen LogP contribution in [-0.2, 0) is 11.8 Å². The van der Waals surface area contributed by atoms with E-state index < -0.39 is 5.91 Å². The lowest BCUT2D eigenvalue weighted by molar-refractivity contribution is -0.116. The maximum atomic E-state index is 12.7. The number of hydrogen-bond donors (Lipinski definition) is 3. The number of hydrazone groups is 1. The average molecular weight is 421 g/mol. The molecule has 2 aromatic carbocycles. The Bertz CT molecular complexity index is 1250. The number of hydrogen-bond acceptors (Lipinski definition) is 6. The van der Waals surface area contributed by atoms with Gasteiger partial charge in [0.25, 0.3) is 11.5 Å². The second kappa shape index (κ2) is 9.21. The van der Waals surface area contributed by atoms with Crippen LogP contribution in [0.2, 0.25) is 0 Å². The number of carbonyl (C=O) groups excluding carboxylic acids is 2. The Labute approximate surface area is 178 Å². The van der Waals surface area contributed by atoms with Crippen LogP contribution < -0.4 is 16.3 Å². The zero-order valence-corrected chi connectivity index (χ0v) is 17.5. The Kier molecular flexibility index (Phi) is 6.44. The first-order valence-electron chi connectivity index (χ1n) is 9.75. The summed E-state index contributed by atoms with van der Waals surface area (Å²) in [5, 5.41) is 21.8. The fraction of sp³-hybridized carbons (Fsp3) is 0.227. The molecule has 3 N–H and O–H groups in total. The number of anilines is 1. The van der Waals surface area contributed by atoms with Gasteiger partial charge in [0, 0.05) is 30.1 Å². The molecule has 9 heteroatoms.